The number of carboxylic acid groups (broad SMARTS) is 1. The molecule has 40 heavy (non-hydrogen) atoms. The number of ether oxygens (including phenoxy) is 3. The van der Waals surface area contributed by atoms with Crippen LogP contribution in [0.5, 0.6) is 0 Å². The molecule has 0 bridgehead atoms. The quantitative estimate of drug-likeness (QED) is 0.306. The topological polar surface area (TPSA) is 126 Å². The maximum Gasteiger partial charge on any atom is 0.507 e. The predicted molar refractivity (Wildman–Crippen MR) is 144 cm³/mol. The Kier molecular flexibility index (Phi) is 7.98. The maximum atomic E-state index is 13.3. The Balaban J connectivity index is 1.46. The number of benzene rings is 2. The van der Waals surface area contributed by atoms with Gasteiger partial charge in [-0.05, 0) is 50.0 Å². The number of rotatable bonds is 6. The number of amides is 2. The molecule has 2 N–H and O–H groups in total. The average Bonchev–Trinajstić information content (AvgIpc) is 2.88. The maximum absolute atomic E-state index is 13.3. The van der Waals surface area contributed by atoms with Gasteiger partial charge in [-0.15, -0.1) is 0 Å². The van der Waals surface area contributed by atoms with Crippen LogP contribution in [0.25, 0.3) is 0 Å². The Morgan fingerprint density at radius 3 is 2.33 bits per heavy atom. The summed E-state index contributed by atoms with van der Waals surface area (Å²) in [7, 11) is 1.24. The fourth-order valence-corrected chi connectivity index (χ4v) is 5.27. The largest absolute Gasteiger partial charge is 0.507 e. The number of hydrogen-bond acceptors (Lipinski definition) is 7. The van der Waals surface area contributed by atoms with Gasteiger partial charge >= 0.3 is 18.3 Å². The van der Waals surface area contributed by atoms with Crippen molar-refractivity contribution in [1.29, 1.82) is 0 Å². The summed E-state index contributed by atoms with van der Waals surface area (Å²) < 4.78 is 15.7. The molecule has 2 fully saturated rings. The van der Waals surface area contributed by atoms with E-state index in [1.165, 1.54) is 12.0 Å². The lowest BCUT2D eigenvalue weighted by Crippen LogP contribution is -2.64. The zero-order chi connectivity index (χ0) is 29.1. The van der Waals surface area contributed by atoms with Gasteiger partial charge in [-0.25, -0.2) is 14.4 Å². The average molecular weight is 551 g/mol. The summed E-state index contributed by atoms with van der Waals surface area (Å²) in [6, 6.07) is 16.5. The van der Waals surface area contributed by atoms with Crippen LogP contribution >= 0.6 is 0 Å². The number of cyclic esters (lactones) is 1. The Bertz CT molecular complexity index is 1300. The molecule has 0 spiro atoms. The lowest BCUT2D eigenvalue weighted by atomic mass is 9.80. The lowest BCUT2D eigenvalue weighted by Gasteiger charge is -2.45. The van der Waals surface area contributed by atoms with Crippen LogP contribution in [-0.4, -0.2) is 76.3 Å². The summed E-state index contributed by atoms with van der Waals surface area (Å²) >= 11 is 0. The molecular weight excluding hydrogens is 516 g/mol. The molecule has 0 aliphatic carbocycles. The molecule has 0 radical (unpaired) electrons. The number of carbonyl (C=O) groups is 3. The zero-order valence-electron chi connectivity index (χ0n) is 23.0. The van der Waals surface area contributed by atoms with Crippen molar-refractivity contribution in [3.05, 3.63) is 71.3 Å². The van der Waals surface area contributed by atoms with E-state index in [1.54, 1.807) is 30.9 Å². The summed E-state index contributed by atoms with van der Waals surface area (Å²) in [5, 5.41) is 19.7. The molecule has 0 unspecified atom stereocenters. The standard InChI is InChI=1S/C30H34N2O8/c1-21(32-17-16-30(39-26(32)34,18-28(2,3)37)24-8-6-5-7-9-24)23-12-10-22(11-13-23)14-15-29(40-27(35)36)19-31(20-29)25(33)38-4/h5-13,21,37H,16-20H2,1-4H3,(H,35,36)/t21-,30-/m0/s1. The highest BCUT2D eigenvalue weighted by molar-refractivity contribution is 5.71. The molecular formula is C30H34N2O8. The molecule has 0 saturated carbocycles. The number of hydrogen-bond donors (Lipinski definition) is 2. The Morgan fingerprint density at radius 2 is 1.77 bits per heavy atom. The third-order valence-electron chi connectivity index (χ3n) is 7.20. The van der Waals surface area contributed by atoms with Crippen LogP contribution in [0.3, 0.4) is 0 Å². The third kappa shape index (κ3) is 6.32. The number of carbonyl (C=O) groups excluding carboxylic acids is 2. The number of aliphatic hydroxyl groups is 1. The molecule has 2 aromatic rings. The second kappa shape index (κ2) is 11.1. The summed E-state index contributed by atoms with van der Waals surface area (Å²) in [6.07, 6.45) is -1.72. The van der Waals surface area contributed by atoms with Crippen LogP contribution in [0.1, 0.15) is 56.3 Å². The molecule has 2 amide bonds. The molecule has 2 aliphatic rings. The highest BCUT2D eigenvalue weighted by atomic mass is 16.7. The summed E-state index contributed by atoms with van der Waals surface area (Å²) in [5.41, 5.74) is -0.939. The Labute approximate surface area is 233 Å². The second-order valence-electron chi connectivity index (χ2n) is 10.9. The van der Waals surface area contributed by atoms with Crippen molar-refractivity contribution >= 4 is 18.3 Å². The van der Waals surface area contributed by atoms with E-state index in [4.69, 9.17) is 14.6 Å². The monoisotopic (exact) mass is 550 g/mol. The molecule has 10 heteroatoms. The highest BCUT2D eigenvalue weighted by Gasteiger charge is 2.49. The number of likely N-dealkylation sites (tertiary alicyclic amines) is 1. The Morgan fingerprint density at radius 1 is 1.12 bits per heavy atom. The van der Waals surface area contributed by atoms with Crippen LogP contribution in [0.4, 0.5) is 14.4 Å². The van der Waals surface area contributed by atoms with Crippen LogP contribution < -0.4 is 0 Å². The first kappa shape index (κ1) is 28.8. The molecule has 212 valence electrons. The molecule has 2 atom stereocenters. The third-order valence-corrected chi connectivity index (χ3v) is 7.20. The first-order valence-corrected chi connectivity index (χ1v) is 13.0. The zero-order valence-corrected chi connectivity index (χ0v) is 23.0. The van der Waals surface area contributed by atoms with Crippen molar-refractivity contribution in [3.63, 3.8) is 0 Å². The fraction of sp³-hybridized carbons (Fsp3) is 0.433. The van der Waals surface area contributed by atoms with Gasteiger partial charge in [0.1, 0.15) is 5.60 Å². The molecule has 10 nitrogen and oxygen atoms in total. The van der Waals surface area contributed by atoms with Crippen LogP contribution in [0.15, 0.2) is 54.6 Å². The Hall–Kier alpha value is -4.23. The SMILES string of the molecule is COC(=O)N1CC(C#Cc2ccc([C@H](C)N3CC[C@](CC(C)(C)O)(c4ccccc4)OC3=O)cc2)(OC(=O)O)C1. The van der Waals surface area contributed by atoms with Crippen molar-refractivity contribution in [2.75, 3.05) is 26.7 Å². The highest BCUT2D eigenvalue weighted by Crippen LogP contribution is 2.42. The van der Waals surface area contributed by atoms with Crippen molar-refractivity contribution in [3.8, 4) is 11.8 Å². The minimum absolute atomic E-state index is 0.0247. The molecule has 4 rings (SSSR count). The lowest BCUT2D eigenvalue weighted by molar-refractivity contribution is -0.101. The van der Waals surface area contributed by atoms with Gasteiger partial charge in [-0.3, -0.25) is 4.90 Å². The molecule has 2 aromatic carbocycles. The van der Waals surface area contributed by atoms with Crippen LogP contribution in [0.2, 0.25) is 0 Å². The van der Waals surface area contributed by atoms with E-state index in [0.29, 0.717) is 18.5 Å². The van der Waals surface area contributed by atoms with Crippen LogP contribution in [-0.2, 0) is 19.8 Å². The predicted octanol–water partition coefficient (Wildman–Crippen LogP) is 4.51. The van der Waals surface area contributed by atoms with Gasteiger partial charge in [0.15, 0.2) is 0 Å². The van der Waals surface area contributed by atoms with Gasteiger partial charge in [-0.2, -0.15) is 0 Å². The van der Waals surface area contributed by atoms with Gasteiger partial charge in [0.25, 0.3) is 0 Å². The summed E-state index contributed by atoms with van der Waals surface area (Å²) in [5.74, 6) is 5.77. The minimum atomic E-state index is -1.48. The van der Waals surface area contributed by atoms with Crippen molar-refractivity contribution in [1.82, 2.24) is 9.80 Å². The van der Waals surface area contributed by atoms with Gasteiger partial charge in [0.05, 0.1) is 31.8 Å². The van der Waals surface area contributed by atoms with Crippen LogP contribution in [0, 0.1) is 11.8 Å². The van der Waals surface area contributed by atoms with Crippen molar-refractivity contribution < 1.29 is 38.8 Å². The second-order valence-corrected chi connectivity index (χ2v) is 10.9. The number of nitrogens with zero attached hydrogens (tertiary/aromatic N) is 2. The van der Waals surface area contributed by atoms with Crippen molar-refractivity contribution in [2.24, 2.45) is 0 Å². The van der Waals surface area contributed by atoms with E-state index >= 15 is 0 Å². The van der Waals surface area contributed by atoms with E-state index in [9.17, 15) is 19.5 Å². The fourth-order valence-electron chi connectivity index (χ4n) is 5.27. The summed E-state index contributed by atoms with van der Waals surface area (Å²) in [6.45, 7) is 5.73. The summed E-state index contributed by atoms with van der Waals surface area (Å²) in [4.78, 5) is 39.1. The number of methoxy groups -OCH3 is 1. The molecule has 0 aromatic heterocycles. The van der Waals surface area contributed by atoms with Gasteiger partial charge in [-0.1, -0.05) is 48.4 Å². The van der Waals surface area contributed by atoms with E-state index in [0.717, 1.165) is 11.1 Å². The van der Waals surface area contributed by atoms with Gasteiger partial charge in [0.2, 0.25) is 5.60 Å². The van der Waals surface area contributed by atoms with E-state index in [-0.39, 0.29) is 25.6 Å². The van der Waals surface area contributed by atoms with E-state index < -0.39 is 35.1 Å². The normalized spacial score (nSPS) is 20.8. The molecule has 2 aliphatic heterocycles. The van der Waals surface area contributed by atoms with Crippen molar-refractivity contribution in [2.45, 2.75) is 56.5 Å². The smallest absolute Gasteiger partial charge is 0.453 e. The minimum Gasteiger partial charge on any atom is -0.453 e. The van der Waals surface area contributed by atoms with Gasteiger partial charge < -0.3 is 29.3 Å². The molecule has 2 saturated heterocycles. The van der Waals surface area contributed by atoms with E-state index in [2.05, 4.69) is 16.6 Å². The first-order chi connectivity index (χ1) is 18.9. The van der Waals surface area contributed by atoms with Gasteiger partial charge in [0, 0.05) is 24.9 Å². The molecule has 2 heterocycles. The van der Waals surface area contributed by atoms with E-state index in [1.807, 2.05) is 49.4 Å². The first-order valence-electron chi connectivity index (χ1n) is 13.0.